The first kappa shape index (κ1) is 24.1. The van der Waals surface area contributed by atoms with E-state index in [1.165, 1.54) is 13.0 Å². The fourth-order valence-electron chi connectivity index (χ4n) is 3.52. The summed E-state index contributed by atoms with van der Waals surface area (Å²) < 4.78 is 49.5. The quantitative estimate of drug-likeness (QED) is 0.587. The van der Waals surface area contributed by atoms with E-state index in [0.29, 0.717) is 31.9 Å². The number of hydrogen-bond donors (Lipinski definition) is 0. The third-order valence-electron chi connectivity index (χ3n) is 5.17. The Morgan fingerprint density at radius 2 is 1.84 bits per heavy atom. The lowest BCUT2D eigenvalue weighted by atomic mass is 10.1. The van der Waals surface area contributed by atoms with Gasteiger partial charge in [-0.3, -0.25) is 14.5 Å². The van der Waals surface area contributed by atoms with Gasteiger partial charge >= 0.3 is 12.1 Å². The lowest BCUT2D eigenvalue weighted by Gasteiger charge is -2.22. The number of alkyl halides is 3. The molecule has 1 aliphatic heterocycles. The molecule has 2 aromatic rings. The van der Waals surface area contributed by atoms with E-state index in [0.717, 1.165) is 30.9 Å². The SMILES string of the molecule is CC(=O)OCc1ccc(CN2CCCN(C(=O)Cc3cc(C(F)(F)F)ccc3Cl)CC2)o1. The predicted molar refractivity (Wildman–Crippen MR) is 111 cm³/mol. The molecule has 1 amide bonds. The van der Waals surface area contributed by atoms with Crippen LogP contribution in [0.3, 0.4) is 0 Å². The summed E-state index contributed by atoms with van der Waals surface area (Å²) in [5.74, 6) is 0.642. The molecule has 2 heterocycles. The van der Waals surface area contributed by atoms with Gasteiger partial charge in [-0.05, 0) is 42.3 Å². The van der Waals surface area contributed by atoms with Crippen molar-refractivity contribution < 1.29 is 31.9 Å². The second-order valence-corrected chi connectivity index (χ2v) is 8.05. The molecule has 6 nitrogen and oxygen atoms in total. The van der Waals surface area contributed by atoms with Gasteiger partial charge in [0.25, 0.3) is 0 Å². The topological polar surface area (TPSA) is 63.0 Å². The molecule has 0 bridgehead atoms. The number of amides is 1. The van der Waals surface area contributed by atoms with Gasteiger partial charge < -0.3 is 14.1 Å². The molecule has 0 N–H and O–H groups in total. The van der Waals surface area contributed by atoms with Crippen LogP contribution in [0.2, 0.25) is 5.02 Å². The largest absolute Gasteiger partial charge is 0.461 e. The van der Waals surface area contributed by atoms with Crippen molar-refractivity contribution in [3.05, 3.63) is 58.0 Å². The first-order chi connectivity index (χ1) is 15.1. The van der Waals surface area contributed by atoms with Gasteiger partial charge in [0.1, 0.15) is 18.1 Å². The molecule has 1 aromatic carbocycles. The zero-order valence-corrected chi connectivity index (χ0v) is 18.3. The highest BCUT2D eigenvalue weighted by Crippen LogP contribution is 2.32. The van der Waals surface area contributed by atoms with E-state index in [9.17, 15) is 22.8 Å². The number of ether oxygens (including phenoxy) is 1. The number of carbonyl (C=O) groups is 2. The molecule has 10 heteroatoms. The average Bonchev–Trinajstić information content (AvgIpc) is 3.03. The smallest absolute Gasteiger partial charge is 0.416 e. The molecule has 0 spiro atoms. The summed E-state index contributed by atoms with van der Waals surface area (Å²) in [7, 11) is 0. The van der Waals surface area contributed by atoms with Crippen LogP contribution in [0, 0.1) is 0 Å². The van der Waals surface area contributed by atoms with E-state index >= 15 is 0 Å². The molecule has 0 atom stereocenters. The second kappa shape index (κ2) is 10.4. The normalized spacial score (nSPS) is 15.5. The predicted octanol–water partition coefficient (Wildman–Crippen LogP) is 4.29. The van der Waals surface area contributed by atoms with Crippen molar-refractivity contribution >= 4 is 23.5 Å². The van der Waals surface area contributed by atoms with Crippen molar-refractivity contribution in [2.45, 2.75) is 39.1 Å². The Kier molecular flexibility index (Phi) is 7.84. The van der Waals surface area contributed by atoms with Gasteiger partial charge in [-0.15, -0.1) is 0 Å². The minimum absolute atomic E-state index is 0.0791. The van der Waals surface area contributed by atoms with E-state index in [1.807, 2.05) is 6.07 Å². The highest BCUT2D eigenvalue weighted by molar-refractivity contribution is 6.31. The minimum Gasteiger partial charge on any atom is -0.461 e. The molecule has 1 saturated heterocycles. The maximum atomic E-state index is 13.0. The van der Waals surface area contributed by atoms with Crippen LogP contribution in [0.25, 0.3) is 0 Å². The fourth-order valence-corrected chi connectivity index (χ4v) is 3.70. The standard InChI is InChI=1S/C22H24ClF3N2O4/c1-15(29)31-14-19-5-4-18(32-19)13-27-7-2-8-28(10-9-27)21(30)12-16-11-17(22(24,25)26)3-6-20(16)23/h3-6,11H,2,7-10,12-14H2,1H3. The molecular formula is C22H24ClF3N2O4. The van der Waals surface area contributed by atoms with Gasteiger partial charge in [0.2, 0.25) is 5.91 Å². The van der Waals surface area contributed by atoms with Gasteiger partial charge in [0.15, 0.2) is 0 Å². The molecule has 0 unspecified atom stereocenters. The number of benzene rings is 1. The first-order valence-electron chi connectivity index (χ1n) is 10.2. The van der Waals surface area contributed by atoms with Crippen LogP contribution in [0.5, 0.6) is 0 Å². The van der Waals surface area contributed by atoms with Crippen LogP contribution in [0.4, 0.5) is 13.2 Å². The van der Waals surface area contributed by atoms with E-state index in [-0.39, 0.29) is 35.5 Å². The Balaban J connectivity index is 1.55. The lowest BCUT2D eigenvalue weighted by molar-refractivity contribution is -0.142. The zero-order valence-electron chi connectivity index (χ0n) is 17.6. The van der Waals surface area contributed by atoms with Crippen molar-refractivity contribution in [2.75, 3.05) is 26.2 Å². The van der Waals surface area contributed by atoms with Crippen LogP contribution in [-0.2, 0) is 40.1 Å². The molecular weight excluding hydrogens is 449 g/mol. The van der Waals surface area contributed by atoms with Crippen LogP contribution in [0.1, 0.15) is 36.0 Å². The van der Waals surface area contributed by atoms with Crippen molar-refractivity contribution in [3.8, 4) is 0 Å². The van der Waals surface area contributed by atoms with Crippen molar-refractivity contribution in [1.82, 2.24) is 9.80 Å². The van der Waals surface area contributed by atoms with E-state index in [2.05, 4.69) is 4.90 Å². The summed E-state index contributed by atoms with van der Waals surface area (Å²) in [4.78, 5) is 27.4. The van der Waals surface area contributed by atoms with E-state index in [4.69, 9.17) is 20.8 Å². The number of nitrogens with zero attached hydrogens (tertiary/aromatic N) is 2. The molecule has 174 valence electrons. The Bertz CT molecular complexity index is 961. The molecule has 1 fully saturated rings. The van der Waals surface area contributed by atoms with Gasteiger partial charge in [0.05, 0.1) is 18.5 Å². The van der Waals surface area contributed by atoms with Crippen LogP contribution >= 0.6 is 11.6 Å². The number of carbonyl (C=O) groups excluding carboxylic acids is 2. The molecule has 0 aliphatic carbocycles. The number of rotatable bonds is 6. The van der Waals surface area contributed by atoms with Gasteiger partial charge in [-0.25, -0.2) is 0 Å². The number of furan rings is 1. The van der Waals surface area contributed by atoms with Crippen LogP contribution in [0.15, 0.2) is 34.7 Å². The third-order valence-corrected chi connectivity index (χ3v) is 5.54. The zero-order chi connectivity index (χ0) is 23.3. The Hall–Kier alpha value is -2.52. The molecule has 0 saturated carbocycles. The number of halogens is 4. The van der Waals surface area contributed by atoms with Gasteiger partial charge in [-0.1, -0.05) is 11.6 Å². The summed E-state index contributed by atoms with van der Waals surface area (Å²) in [6, 6.07) is 6.60. The highest BCUT2D eigenvalue weighted by Gasteiger charge is 2.31. The Morgan fingerprint density at radius 1 is 1.09 bits per heavy atom. The summed E-state index contributed by atoms with van der Waals surface area (Å²) >= 11 is 6.03. The van der Waals surface area contributed by atoms with Crippen molar-refractivity contribution in [3.63, 3.8) is 0 Å². The molecule has 1 aliphatic rings. The number of hydrogen-bond acceptors (Lipinski definition) is 5. The maximum Gasteiger partial charge on any atom is 0.416 e. The summed E-state index contributed by atoms with van der Waals surface area (Å²) in [5.41, 5.74) is -0.651. The molecule has 3 rings (SSSR count). The van der Waals surface area contributed by atoms with E-state index in [1.54, 1.807) is 11.0 Å². The highest BCUT2D eigenvalue weighted by atomic mass is 35.5. The van der Waals surface area contributed by atoms with Crippen LogP contribution < -0.4 is 0 Å². The fraction of sp³-hybridized carbons (Fsp3) is 0.455. The van der Waals surface area contributed by atoms with Crippen LogP contribution in [-0.4, -0.2) is 47.9 Å². The van der Waals surface area contributed by atoms with Crippen molar-refractivity contribution in [2.24, 2.45) is 0 Å². The Labute approximate surface area is 188 Å². The second-order valence-electron chi connectivity index (χ2n) is 7.64. The molecule has 32 heavy (non-hydrogen) atoms. The van der Waals surface area contributed by atoms with Gasteiger partial charge in [0, 0.05) is 38.1 Å². The third kappa shape index (κ3) is 6.74. The summed E-state index contributed by atoms with van der Waals surface area (Å²) in [6.07, 6.45) is -3.95. The molecule has 0 radical (unpaired) electrons. The van der Waals surface area contributed by atoms with Crippen molar-refractivity contribution in [1.29, 1.82) is 0 Å². The average molecular weight is 473 g/mol. The summed E-state index contributed by atoms with van der Waals surface area (Å²) in [5, 5.41) is 0.144. The molecule has 1 aromatic heterocycles. The number of esters is 1. The Morgan fingerprint density at radius 3 is 2.56 bits per heavy atom. The maximum absolute atomic E-state index is 13.0. The summed E-state index contributed by atoms with van der Waals surface area (Å²) in [6.45, 7) is 4.26. The first-order valence-corrected chi connectivity index (χ1v) is 10.6. The monoisotopic (exact) mass is 472 g/mol. The van der Waals surface area contributed by atoms with E-state index < -0.39 is 11.7 Å². The lowest BCUT2D eigenvalue weighted by Crippen LogP contribution is -2.36. The minimum atomic E-state index is -4.49. The van der Waals surface area contributed by atoms with Gasteiger partial charge in [-0.2, -0.15) is 13.2 Å².